The summed E-state index contributed by atoms with van der Waals surface area (Å²) in [5, 5.41) is 0. The highest BCUT2D eigenvalue weighted by atomic mass is 15.2. The molecule has 3 saturated carbocycles. The number of nitrogens with zero attached hydrogens (tertiary/aromatic N) is 2. The minimum atomic E-state index is 0.909. The van der Waals surface area contributed by atoms with Crippen LogP contribution in [0.4, 0.5) is 0 Å². The van der Waals surface area contributed by atoms with E-state index in [1.165, 1.54) is 96.8 Å². The van der Waals surface area contributed by atoms with Crippen molar-refractivity contribution in [2.24, 2.45) is 17.8 Å². The van der Waals surface area contributed by atoms with Gasteiger partial charge in [0.25, 0.3) is 0 Å². The standard InChI is InChI=1S/C24H44N2/c1-20-10-13-24(14-11-20)26-17-5-16-25(18-19-26)23-9-4-8-22(12-15-23)21-6-2-3-7-21/h20-24H,2-19H2,1H3. The van der Waals surface area contributed by atoms with Gasteiger partial charge in [0.05, 0.1) is 0 Å². The van der Waals surface area contributed by atoms with Gasteiger partial charge in [-0.3, -0.25) is 9.80 Å². The molecular weight excluding hydrogens is 316 g/mol. The Morgan fingerprint density at radius 3 is 1.69 bits per heavy atom. The monoisotopic (exact) mass is 360 g/mol. The van der Waals surface area contributed by atoms with Gasteiger partial charge in [0.15, 0.2) is 0 Å². The lowest BCUT2D eigenvalue weighted by molar-refractivity contribution is 0.134. The van der Waals surface area contributed by atoms with E-state index in [1.807, 2.05) is 0 Å². The second-order valence-electron chi connectivity index (χ2n) is 10.3. The molecule has 0 spiro atoms. The van der Waals surface area contributed by atoms with Crippen LogP contribution in [0.5, 0.6) is 0 Å². The summed E-state index contributed by atoms with van der Waals surface area (Å²) in [5.41, 5.74) is 0. The maximum absolute atomic E-state index is 2.92. The van der Waals surface area contributed by atoms with Crippen molar-refractivity contribution >= 4 is 0 Å². The first-order valence-electron chi connectivity index (χ1n) is 12.3. The predicted octanol–water partition coefficient (Wildman–Crippen LogP) is 5.71. The summed E-state index contributed by atoms with van der Waals surface area (Å²) in [7, 11) is 0. The molecule has 4 rings (SSSR count). The van der Waals surface area contributed by atoms with Gasteiger partial charge in [0, 0.05) is 25.2 Å². The van der Waals surface area contributed by atoms with E-state index in [0.29, 0.717) is 0 Å². The number of hydrogen-bond acceptors (Lipinski definition) is 2. The molecule has 2 nitrogen and oxygen atoms in total. The van der Waals surface area contributed by atoms with E-state index < -0.39 is 0 Å². The maximum atomic E-state index is 2.92. The third-order valence-corrected chi connectivity index (χ3v) is 8.63. The van der Waals surface area contributed by atoms with Crippen molar-refractivity contribution in [2.75, 3.05) is 26.2 Å². The molecule has 3 aliphatic carbocycles. The molecule has 0 aromatic heterocycles. The van der Waals surface area contributed by atoms with Crippen LogP contribution in [-0.4, -0.2) is 48.1 Å². The van der Waals surface area contributed by atoms with Crippen molar-refractivity contribution in [1.82, 2.24) is 9.80 Å². The lowest BCUT2D eigenvalue weighted by Crippen LogP contribution is -2.42. The Balaban J connectivity index is 1.26. The smallest absolute Gasteiger partial charge is 0.0112 e. The first kappa shape index (κ1) is 19.2. The number of rotatable bonds is 3. The summed E-state index contributed by atoms with van der Waals surface area (Å²) in [6, 6.07) is 1.82. The fourth-order valence-corrected chi connectivity index (χ4v) is 6.87. The summed E-state index contributed by atoms with van der Waals surface area (Å²) in [6.45, 7) is 7.89. The fraction of sp³-hybridized carbons (Fsp3) is 1.00. The van der Waals surface area contributed by atoms with Crippen LogP contribution >= 0.6 is 0 Å². The van der Waals surface area contributed by atoms with Crippen LogP contribution in [0, 0.1) is 17.8 Å². The SMILES string of the molecule is CC1CCC(N2CCCN(C3CCCC(C4CCCC4)CC3)CC2)CC1. The van der Waals surface area contributed by atoms with Gasteiger partial charge < -0.3 is 0 Å². The van der Waals surface area contributed by atoms with Crippen molar-refractivity contribution in [2.45, 2.75) is 109 Å². The molecule has 0 aromatic rings. The van der Waals surface area contributed by atoms with Gasteiger partial charge in [0.1, 0.15) is 0 Å². The largest absolute Gasteiger partial charge is 0.299 e. The average molecular weight is 361 g/mol. The molecule has 4 aliphatic rings. The molecule has 1 heterocycles. The highest BCUT2D eigenvalue weighted by Crippen LogP contribution is 2.39. The summed E-state index contributed by atoms with van der Waals surface area (Å²) in [5.74, 6) is 3.16. The first-order valence-corrected chi connectivity index (χ1v) is 12.3. The number of hydrogen-bond donors (Lipinski definition) is 0. The highest BCUT2D eigenvalue weighted by molar-refractivity contribution is 4.86. The van der Waals surface area contributed by atoms with Crippen molar-refractivity contribution in [3.63, 3.8) is 0 Å². The van der Waals surface area contributed by atoms with Crippen LogP contribution in [0.2, 0.25) is 0 Å². The van der Waals surface area contributed by atoms with E-state index in [4.69, 9.17) is 0 Å². The van der Waals surface area contributed by atoms with Gasteiger partial charge in [-0.15, -0.1) is 0 Å². The van der Waals surface area contributed by atoms with Crippen LogP contribution in [0.15, 0.2) is 0 Å². The maximum Gasteiger partial charge on any atom is 0.0112 e. The zero-order valence-electron chi connectivity index (χ0n) is 17.5. The molecule has 1 aliphatic heterocycles. The highest BCUT2D eigenvalue weighted by Gasteiger charge is 2.31. The molecule has 0 aromatic carbocycles. The van der Waals surface area contributed by atoms with Gasteiger partial charge in [-0.2, -0.15) is 0 Å². The molecule has 150 valence electrons. The second-order valence-corrected chi connectivity index (χ2v) is 10.3. The summed E-state index contributed by atoms with van der Waals surface area (Å²) in [4.78, 5) is 5.80. The van der Waals surface area contributed by atoms with E-state index >= 15 is 0 Å². The van der Waals surface area contributed by atoms with E-state index in [0.717, 1.165) is 29.8 Å². The summed E-state index contributed by atoms with van der Waals surface area (Å²) < 4.78 is 0. The Kier molecular flexibility index (Phi) is 6.97. The zero-order valence-corrected chi connectivity index (χ0v) is 17.5. The van der Waals surface area contributed by atoms with E-state index in [1.54, 1.807) is 19.3 Å². The Morgan fingerprint density at radius 1 is 0.462 bits per heavy atom. The van der Waals surface area contributed by atoms with Gasteiger partial charge in [0.2, 0.25) is 0 Å². The van der Waals surface area contributed by atoms with Crippen LogP contribution in [0.3, 0.4) is 0 Å². The summed E-state index contributed by atoms with van der Waals surface area (Å²) >= 11 is 0. The van der Waals surface area contributed by atoms with Crippen molar-refractivity contribution in [3.8, 4) is 0 Å². The third kappa shape index (κ3) is 4.85. The molecule has 2 heteroatoms. The molecule has 2 unspecified atom stereocenters. The normalized spacial score (nSPS) is 39.6. The Labute approximate surface area is 163 Å². The van der Waals surface area contributed by atoms with Crippen molar-refractivity contribution in [3.05, 3.63) is 0 Å². The van der Waals surface area contributed by atoms with E-state index in [9.17, 15) is 0 Å². The quantitative estimate of drug-likeness (QED) is 0.595. The van der Waals surface area contributed by atoms with Gasteiger partial charge in [-0.05, 0) is 82.2 Å². The molecular formula is C24H44N2. The zero-order chi connectivity index (χ0) is 17.8. The second kappa shape index (κ2) is 9.41. The van der Waals surface area contributed by atoms with Gasteiger partial charge >= 0.3 is 0 Å². The predicted molar refractivity (Wildman–Crippen MR) is 112 cm³/mol. The molecule has 0 radical (unpaired) electrons. The first-order chi connectivity index (χ1) is 12.8. The van der Waals surface area contributed by atoms with Crippen LogP contribution in [-0.2, 0) is 0 Å². The van der Waals surface area contributed by atoms with Gasteiger partial charge in [-0.1, -0.05) is 45.4 Å². The Morgan fingerprint density at radius 2 is 1.00 bits per heavy atom. The molecule has 0 bridgehead atoms. The topological polar surface area (TPSA) is 6.48 Å². The van der Waals surface area contributed by atoms with E-state index in [-0.39, 0.29) is 0 Å². The molecule has 2 atom stereocenters. The fourth-order valence-electron chi connectivity index (χ4n) is 6.87. The minimum Gasteiger partial charge on any atom is -0.299 e. The molecule has 0 N–H and O–H groups in total. The molecule has 4 fully saturated rings. The average Bonchev–Trinajstić information content (AvgIpc) is 2.93. The lowest BCUT2D eigenvalue weighted by atomic mass is 9.85. The minimum absolute atomic E-state index is 0.909. The van der Waals surface area contributed by atoms with Crippen LogP contribution in [0.1, 0.15) is 96.8 Å². The summed E-state index contributed by atoms with van der Waals surface area (Å²) in [6.07, 6.45) is 21.0. The van der Waals surface area contributed by atoms with E-state index in [2.05, 4.69) is 16.7 Å². The van der Waals surface area contributed by atoms with Crippen molar-refractivity contribution < 1.29 is 0 Å². The van der Waals surface area contributed by atoms with Crippen molar-refractivity contribution in [1.29, 1.82) is 0 Å². The van der Waals surface area contributed by atoms with Gasteiger partial charge in [-0.25, -0.2) is 0 Å². The molecule has 0 amide bonds. The van der Waals surface area contributed by atoms with Crippen LogP contribution < -0.4 is 0 Å². The molecule has 1 saturated heterocycles. The Bertz CT molecular complexity index is 408. The lowest BCUT2D eigenvalue weighted by Gasteiger charge is -2.36. The van der Waals surface area contributed by atoms with Crippen LogP contribution in [0.25, 0.3) is 0 Å². The Hall–Kier alpha value is -0.0800. The molecule has 26 heavy (non-hydrogen) atoms. The third-order valence-electron chi connectivity index (χ3n) is 8.63.